The van der Waals surface area contributed by atoms with Gasteiger partial charge in [-0.15, -0.1) is 47.4 Å². The fourth-order valence-electron chi connectivity index (χ4n) is 1.36. The Balaban J connectivity index is 0. The molecule has 1 aliphatic heterocycles. The molecule has 0 bridgehead atoms. The molecular weight excluding hydrogens is 234 g/mol. The van der Waals surface area contributed by atoms with Crippen LogP contribution in [0.25, 0.3) is 0 Å². The van der Waals surface area contributed by atoms with Crippen molar-refractivity contribution in [3.05, 3.63) is 11.6 Å². The molecule has 0 saturated carbocycles. The zero-order valence-electron chi connectivity index (χ0n) is 6.97. The summed E-state index contributed by atoms with van der Waals surface area (Å²) in [4.78, 5) is 0. The molecule has 13 heavy (non-hydrogen) atoms. The molecule has 0 atom stereocenters. The van der Waals surface area contributed by atoms with E-state index in [-0.39, 0.29) is 37.2 Å². The highest BCUT2D eigenvalue weighted by Gasteiger charge is 2.15. The van der Waals surface area contributed by atoms with Crippen LogP contribution in [-0.4, -0.2) is 14.8 Å². The standard InChI is InChI=1S/C6H10N4.3ClH/c7-4-6-9-8-5-2-1-3-10(5)6;;;/h1-4,7H2;3*1H. The van der Waals surface area contributed by atoms with Crippen molar-refractivity contribution in [3.63, 3.8) is 0 Å². The van der Waals surface area contributed by atoms with Crippen LogP contribution in [0.5, 0.6) is 0 Å². The largest absolute Gasteiger partial charge is 0.324 e. The van der Waals surface area contributed by atoms with Gasteiger partial charge in [-0.3, -0.25) is 0 Å². The fraction of sp³-hybridized carbons (Fsp3) is 0.667. The van der Waals surface area contributed by atoms with Gasteiger partial charge in [0.05, 0.1) is 6.54 Å². The van der Waals surface area contributed by atoms with Gasteiger partial charge in [-0.05, 0) is 6.42 Å². The molecule has 0 aromatic carbocycles. The van der Waals surface area contributed by atoms with Gasteiger partial charge in [0, 0.05) is 13.0 Å². The summed E-state index contributed by atoms with van der Waals surface area (Å²) in [5.74, 6) is 2.02. The monoisotopic (exact) mass is 246 g/mol. The number of nitrogens with two attached hydrogens (primary N) is 1. The summed E-state index contributed by atoms with van der Waals surface area (Å²) in [6, 6.07) is 0. The topological polar surface area (TPSA) is 56.7 Å². The minimum Gasteiger partial charge on any atom is -0.324 e. The molecule has 0 aliphatic carbocycles. The number of fused-ring (bicyclic) bond motifs is 1. The lowest BCUT2D eigenvalue weighted by molar-refractivity contribution is 0.688. The van der Waals surface area contributed by atoms with Crippen LogP contribution in [0.15, 0.2) is 0 Å². The van der Waals surface area contributed by atoms with Crippen LogP contribution in [0.1, 0.15) is 18.1 Å². The molecule has 2 rings (SSSR count). The van der Waals surface area contributed by atoms with Crippen LogP contribution in [0, 0.1) is 0 Å². The highest BCUT2D eigenvalue weighted by molar-refractivity contribution is 5.86. The molecule has 1 aromatic heterocycles. The average molecular weight is 248 g/mol. The maximum Gasteiger partial charge on any atom is 0.146 e. The molecule has 1 aromatic rings. The van der Waals surface area contributed by atoms with E-state index in [4.69, 9.17) is 5.73 Å². The van der Waals surface area contributed by atoms with E-state index in [1.165, 1.54) is 6.42 Å². The SMILES string of the molecule is Cl.Cl.Cl.NCc1nnc2n1CCC2. The van der Waals surface area contributed by atoms with E-state index in [1.807, 2.05) is 0 Å². The van der Waals surface area contributed by atoms with Gasteiger partial charge in [-0.2, -0.15) is 0 Å². The Kier molecular flexibility index (Phi) is 7.64. The molecule has 78 valence electrons. The smallest absolute Gasteiger partial charge is 0.146 e. The van der Waals surface area contributed by atoms with E-state index >= 15 is 0 Å². The summed E-state index contributed by atoms with van der Waals surface area (Å²) in [7, 11) is 0. The predicted octanol–water partition coefficient (Wildman–Crippen LogP) is 0.948. The van der Waals surface area contributed by atoms with Crippen LogP contribution in [0.3, 0.4) is 0 Å². The lowest BCUT2D eigenvalue weighted by Crippen LogP contribution is -2.06. The third kappa shape index (κ3) is 2.71. The van der Waals surface area contributed by atoms with Crippen LogP contribution in [-0.2, 0) is 19.5 Å². The predicted molar refractivity (Wildman–Crippen MR) is 58.0 cm³/mol. The summed E-state index contributed by atoms with van der Waals surface area (Å²) in [5.41, 5.74) is 5.44. The van der Waals surface area contributed by atoms with Crippen molar-refractivity contribution in [2.75, 3.05) is 0 Å². The van der Waals surface area contributed by atoms with Gasteiger partial charge in [0.15, 0.2) is 0 Å². The quantitative estimate of drug-likeness (QED) is 0.804. The first-order valence-electron chi connectivity index (χ1n) is 3.53. The summed E-state index contributed by atoms with van der Waals surface area (Å²) < 4.78 is 2.11. The second kappa shape index (κ2) is 6.43. The highest BCUT2D eigenvalue weighted by atomic mass is 35.5. The van der Waals surface area contributed by atoms with E-state index in [2.05, 4.69) is 14.8 Å². The van der Waals surface area contributed by atoms with Gasteiger partial charge >= 0.3 is 0 Å². The lowest BCUT2D eigenvalue weighted by atomic mass is 10.4. The van der Waals surface area contributed by atoms with Crippen LogP contribution >= 0.6 is 37.2 Å². The number of aromatic nitrogens is 3. The second-order valence-electron chi connectivity index (χ2n) is 2.49. The van der Waals surface area contributed by atoms with Crippen molar-refractivity contribution >= 4 is 37.2 Å². The summed E-state index contributed by atoms with van der Waals surface area (Å²) in [6.45, 7) is 1.56. The lowest BCUT2D eigenvalue weighted by Gasteiger charge is -1.96. The van der Waals surface area contributed by atoms with Crippen LogP contribution in [0.2, 0.25) is 0 Å². The van der Waals surface area contributed by atoms with Crippen LogP contribution in [0.4, 0.5) is 0 Å². The van der Waals surface area contributed by atoms with E-state index in [0.29, 0.717) is 6.54 Å². The minimum atomic E-state index is 0. The zero-order valence-corrected chi connectivity index (χ0v) is 9.42. The van der Waals surface area contributed by atoms with Crippen molar-refractivity contribution in [2.45, 2.75) is 25.9 Å². The van der Waals surface area contributed by atoms with Gasteiger partial charge < -0.3 is 10.3 Å². The normalized spacial score (nSPS) is 12.1. The molecule has 0 saturated heterocycles. The summed E-state index contributed by atoms with van der Waals surface area (Å²) in [5, 5.41) is 7.94. The Morgan fingerprint density at radius 3 is 2.54 bits per heavy atom. The van der Waals surface area contributed by atoms with Gasteiger partial charge in [0.1, 0.15) is 11.6 Å². The molecule has 1 aliphatic rings. The number of nitrogens with zero attached hydrogens (tertiary/aromatic N) is 3. The van der Waals surface area contributed by atoms with E-state index in [0.717, 1.165) is 24.6 Å². The van der Waals surface area contributed by atoms with Gasteiger partial charge in [0.2, 0.25) is 0 Å². The third-order valence-electron chi connectivity index (χ3n) is 1.87. The van der Waals surface area contributed by atoms with Crippen molar-refractivity contribution in [1.82, 2.24) is 14.8 Å². The number of hydrogen-bond acceptors (Lipinski definition) is 3. The number of hydrogen-bond donors (Lipinski definition) is 1. The number of rotatable bonds is 1. The number of halogens is 3. The highest BCUT2D eigenvalue weighted by Crippen LogP contribution is 2.12. The van der Waals surface area contributed by atoms with E-state index in [9.17, 15) is 0 Å². The Bertz CT molecular complexity index is 250. The Morgan fingerprint density at radius 2 is 1.92 bits per heavy atom. The van der Waals surface area contributed by atoms with Crippen LogP contribution < -0.4 is 5.73 Å². The average Bonchev–Trinajstić information content (AvgIpc) is 2.44. The van der Waals surface area contributed by atoms with Crippen molar-refractivity contribution in [1.29, 1.82) is 0 Å². The number of aryl methyl sites for hydroxylation is 1. The molecule has 0 fully saturated rings. The molecular formula is C6H13Cl3N4. The molecule has 2 N–H and O–H groups in total. The molecule has 0 radical (unpaired) electrons. The Labute approximate surface area is 95.5 Å². The molecule has 0 unspecified atom stereocenters. The zero-order chi connectivity index (χ0) is 6.97. The maximum atomic E-state index is 5.44. The van der Waals surface area contributed by atoms with Crippen molar-refractivity contribution in [3.8, 4) is 0 Å². The molecule has 2 heterocycles. The fourth-order valence-corrected chi connectivity index (χ4v) is 1.36. The Hall–Kier alpha value is -0.0300. The maximum absolute atomic E-state index is 5.44. The third-order valence-corrected chi connectivity index (χ3v) is 1.87. The second-order valence-corrected chi connectivity index (χ2v) is 2.49. The summed E-state index contributed by atoms with van der Waals surface area (Å²) >= 11 is 0. The molecule has 4 nitrogen and oxygen atoms in total. The Morgan fingerprint density at radius 1 is 1.23 bits per heavy atom. The minimum absolute atomic E-state index is 0. The summed E-state index contributed by atoms with van der Waals surface area (Å²) in [6.07, 6.45) is 2.25. The van der Waals surface area contributed by atoms with Crippen molar-refractivity contribution < 1.29 is 0 Å². The molecule has 0 spiro atoms. The van der Waals surface area contributed by atoms with Crippen molar-refractivity contribution in [2.24, 2.45) is 5.73 Å². The first kappa shape index (κ1) is 15.4. The van der Waals surface area contributed by atoms with E-state index < -0.39 is 0 Å². The first-order valence-corrected chi connectivity index (χ1v) is 3.53. The van der Waals surface area contributed by atoms with E-state index in [1.54, 1.807) is 0 Å². The van der Waals surface area contributed by atoms with Gasteiger partial charge in [-0.1, -0.05) is 0 Å². The van der Waals surface area contributed by atoms with Gasteiger partial charge in [0.25, 0.3) is 0 Å². The first-order chi connectivity index (χ1) is 4.92. The molecule has 7 heteroatoms. The van der Waals surface area contributed by atoms with Gasteiger partial charge in [-0.25, -0.2) is 0 Å². The molecule has 0 amide bonds.